The summed E-state index contributed by atoms with van der Waals surface area (Å²) in [5.74, 6) is -1.54. The molecular weight excluding hydrogens is 248 g/mol. The highest BCUT2D eigenvalue weighted by Crippen LogP contribution is 2.13. The average molecular weight is 268 g/mol. The molecule has 106 valence electrons. The molecule has 1 aromatic rings. The van der Waals surface area contributed by atoms with Crippen LogP contribution in [-0.2, 0) is 11.3 Å². The van der Waals surface area contributed by atoms with E-state index in [1.165, 1.54) is 13.3 Å². The van der Waals surface area contributed by atoms with Gasteiger partial charge in [-0.15, -0.1) is 0 Å². The number of imidazole rings is 1. The Morgan fingerprint density at radius 2 is 2.26 bits per heavy atom. The highest BCUT2D eigenvalue weighted by Gasteiger charge is 2.34. The molecule has 0 saturated heterocycles. The van der Waals surface area contributed by atoms with Gasteiger partial charge in [-0.05, 0) is 13.3 Å². The maximum absolute atomic E-state index is 12.0. The Bertz CT molecular complexity index is 458. The smallest absolute Gasteiger partial charge is 0.329 e. The normalized spacial score (nSPS) is 13.8. The molecule has 0 aliphatic rings. The molecule has 0 saturated carbocycles. The Kier molecular flexibility index (Phi) is 5.05. The van der Waals surface area contributed by atoms with E-state index < -0.39 is 17.4 Å². The molecule has 1 atom stereocenters. The number of nitrogens with zero attached hydrogens (tertiary/aromatic N) is 2. The van der Waals surface area contributed by atoms with Crippen molar-refractivity contribution in [2.24, 2.45) is 5.73 Å². The summed E-state index contributed by atoms with van der Waals surface area (Å²) in [4.78, 5) is 27.1. The Labute approximate surface area is 111 Å². The Morgan fingerprint density at radius 3 is 2.79 bits per heavy atom. The number of carbonyl (C=O) groups excluding carboxylic acids is 1. The van der Waals surface area contributed by atoms with Crippen molar-refractivity contribution in [2.75, 3.05) is 6.54 Å². The molecule has 0 radical (unpaired) electrons. The first-order valence-electron chi connectivity index (χ1n) is 6.20. The molecule has 0 aromatic carbocycles. The van der Waals surface area contributed by atoms with Crippen molar-refractivity contribution < 1.29 is 14.7 Å². The van der Waals surface area contributed by atoms with Gasteiger partial charge in [-0.1, -0.05) is 13.3 Å². The standard InChI is InChI=1S/C12H20N4O3/c1-3-4-12(2,11(18)19)15-10(17)9-7-16(6-5-13)8-14-9/h7-8H,3-6,13H2,1-2H3,(H,15,17)(H,18,19). The zero-order valence-corrected chi connectivity index (χ0v) is 11.2. The predicted molar refractivity (Wildman–Crippen MR) is 69.7 cm³/mol. The quantitative estimate of drug-likeness (QED) is 0.655. The SMILES string of the molecule is CCCC(C)(NC(=O)c1cn(CCN)cn1)C(=O)O. The first kappa shape index (κ1) is 15.2. The second-order valence-corrected chi connectivity index (χ2v) is 4.63. The van der Waals surface area contributed by atoms with E-state index in [1.54, 1.807) is 10.8 Å². The summed E-state index contributed by atoms with van der Waals surface area (Å²) >= 11 is 0. The van der Waals surface area contributed by atoms with E-state index in [0.29, 0.717) is 25.9 Å². The van der Waals surface area contributed by atoms with Crippen LogP contribution in [0.3, 0.4) is 0 Å². The summed E-state index contributed by atoms with van der Waals surface area (Å²) in [6, 6.07) is 0. The molecule has 0 fully saturated rings. The van der Waals surface area contributed by atoms with E-state index >= 15 is 0 Å². The van der Waals surface area contributed by atoms with Gasteiger partial charge in [-0.2, -0.15) is 0 Å². The number of carboxylic acids is 1. The van der Waals surface area contributed by atoms with Crippen LogP contribution in [-0.4, -0.2) is 38.6 Å². The van der Waals surface area contributed by atoms with Gasteiger partial charge in [0, 0.05) is 19.3 Å². The van der Waals surface area contributed by atoms with Crippen LogP contribution in [0.5, 0.6) is 0 Å². The molecule has 0 bridgehead atoms. The molecule has 0 aliphatic carbocycles. The largest absolute Gasteiger partial charge is 0.480 e. The van der Waals surface area contributed by atoms with Gasteiger partial charge in [0.05, 0.1) is 6.33 Å². The van der Waals surface area contributed by atoms with Crippen molar-refractivity contribution in [1.82, 2.24) is 14.9 Å². The number of rotatable bonds is 7. The molecule has 1 rings (SSSR count). The lowest BCUT2D eigenvalue weighted by Gasteiger charge is -2.25. The van der Waals surface area contributed by atoms with Crippen LogP contribution in [0.25, 0.3) is 0 Å². The molecule has 1 aromatic heterocycles. The van der Waals surface area contributed by atoms with Crippen LogP contribution < -0.4 is 11.1 Å². The summed E-state index contributed by atoms with van der Waals surface area (Å²) in [7, 11) is 0. The lowest BCUT2D eigenvalue weighted by Crippen LogP contribution is -2.52. The molecule has 1 amide bonds. The lowest BCUT2D eigenvalue weighted by atomic mass is 9.96. The Balaban J connectivity index is 2.78. The second kappa shape index (κ2) is 6.33. The van der Waals surface area contributed by atoms with Crippen LogP contribution in [0, 0.1) is 0 Å². The number of nitrogens with two attached hydrogens (primary N) is 1. The summed E-state index contributed by atoms with van der Waals surface area (Å²) in [6.45, 7) is 4.36. The number of carbonyl (C=O) groups is 2. The number of carboxylic acid groups (broad SMARTS) is 1. The minimum absolute atomic E-state index is 0.192. The van der Waals surface area contributed by atoms with Crippen molar-refractivity contribution in [2.45, 2.75) is 38.8 Å². The number of amides is 1. The minimum Gasteiger partial charge on any atom is -0.480 e. The number of hydrogen-bond donors (Lipinski definition) is 3. The predicted octanol–water partition coefficient (Wildman–Crippen LogP) is 0.215. The van der Waals surface area contributed by atoms with E-state index in [9.17, 15) is 14.7 Å². The maximum Gasteiger partial charge on any atom is 0.329 e. The number of hydrogen-bond acceptors (Lipinski definition) is 4. The third kappa shape index (κ3) is 3.78. The third-order valence-electron chi connectivity index (χ3n) is 2.86. The highest BCUT2D eigenvalue weighted by molar-refractivity contribution is 5.96. The first-order chi connectivity index (χ1) is 8.92. The first-order valence-corrected chi connectivity index (χ1v) is 6.20. The van der Waals surface area contributed by atoms with Crippen LogP contribution in [0.1, 0.15) is 37.2 Å². The van der Waals surface area contributed by atoms with E-state index in [1.807, 2.05) is 6.92 Å². The zero-order valence-electron chi connectivity index (χ0n) is 11.2. The van der Waals surface area contributed by atoms with Crippen molar-refractivity contribution in [3.63, 3.8) is 0 Å². The van der Waals surface area contributed by atoms with Gasteiger partial charge in [0.1, 0.15) is 11.2 Å². The van der Waals surface area contributed by atoms with Gasteiger partial charge < -0.3 is 20.7 Å². The topological polar surface area (TPSA) is 110 Å². The van der Waals surface area contributed by atoms with Gasteiger partial charge >= 0.3 is 5.97 Å². The van der Waals surface area contributed by atoms with Gasteiger partial charge in [-0.3, -0.25) is 4.79 Å². The second-order valence-electron chi connectivity index (χ2n) is 4.63. The number of nitrogens with one attached hydrogen (secondary N) is 1. The van der Waals surface area contributed by atoms with E-state index in [2.05, 4.69) is 10.3 Å². The summed E-state index contributed by atoms with van der Waals surface area (Å²) in [5, 5.41) is 11.7. The Morgan fingerprint density at radius 1 is 1.58 bits per heavy atom. The minimum atomic E-state index is -1.27. The number of aliphatic carboxylic acids is 1. The average Bonchev–Trinajstić information content (AvgIpc) is 2.78. The fraction of sp³-hybridized carbons (Fsp3) is 0.583. The third-order valence-corrected chi connectivity index (χ3v) is 2.86. The monoisotopic (exact) mass is 268 g/mol. The van der Waals surface area contributed by atoms with Gasteiger partial charge in [-0.25, -0.2) is 9.78 Å². The zero-order chi connectivity index (χ0) is 14.5. The van der Waals surface area contributed by atoms with Gasteiger partial charge in [0.15, 0.2) is 0 Å². The van der Waals surface area contributed by atoms with Crippen molar-refractivity contribution in [3.8, 4) is 0 Å². The molecule has 4 N–H and O–H groups in total. The summed E-state index contributed by atoms with van der Waals surface area (Å²) in [6.07, 6.45) is 4.07. The van der Waals surface area contributed by atoms with Crippen molar-refractivity contribution >= 4 is 11.9 Å². The molecule has 1 unspecified atom stereocenters. The molecule has 1 heterocycles. The van der Waals surface area contributed by atoms with Crippen LogP contribution in [0.2, 0.25) is 0 Å². The van der Waals surface area contributed by atoms with E-state index in [0.717, 1.165) is 0 Å². The van der Waals surface area contributed by atoms with Crippen LogP contribution in [0.15, 0.2) is 12.5 Å². The van der Waals surface area contributed by atoms with Crippen LogP contribution >= 0.6 is 0 Å². The highest BCUT2D eigenvalue weighted by atomic mass is 16.4. The van der Waals surface area contributed by atoms with Gasteiger partial charge in [0.25, 0.3) is 5.91 Å². The molecule has 0 aliphatic heterocycles. The van der Waals surface area contributed by atoms with E-state index in [4.69, 9.17) is 5.73 Å². The van der Waals surface area contributed by atoms with Crippen LogP contribution in [0.4, 0.5) is 0 Å². The fourth-order valence-electron chi connectivity index (χ4n) is 1.79. The fourth-order valence-corrected chi connectivity index (χ4v) is 1.79. The van der Waals surface area contributed by atoms with E-state index in [-0.39, 0.29) is 5.69 Å². The summed E-state index contributed by atoms with van der Waals surface area (Å²) < 4.78 is 1.69. The molecule has 7 nitrogen and oxygen atoms in total. The van der Waals surface area contributed by atoms with Crippen molar-refractivity contribution in [3.05, 3.63) is 18.2 Å². The molecule has 19 heavy (non-hydrogen) atoms. The van der Waals surface area contributed by atoms with Gasteiger partial charge in [0.2, 0.25) is 0 Å². The molecule has 0 spiro atoms. The maximum atomic E-state index is 12.0. The summed E-state index contributed by atoms with van der Waals surface area (Å²) in [5.41, 5.74) is 4.32. The molecular formula is C12H20N4O3. The van der Waals surface area contributed by atoms with Crippen molar-refractivity contribution in [1.29, 1.82) is 0 Å². The lowest BCUT2D eigenvalue weighted by molar-refractivity contribution is -0.144. The number of aromatic nitrogens is 2. The Hall–Kier alpha value is -1.89. The molecule has 7 heteroatoms.